The van der Waals surface area contributed by atoms with Crippen LogP contribution in [0.5, 0.6) is 0 Å². The highest BCUT2D eigenvalue weighted by Gasteiger charge is 2.36. The number of aliphatic carboxylic acids is 1. The van der Waals surface area contributed by atoms with Gasteiger partial charge in [0.15, 0.2) is 0 Å². The molecule has 4 nitrogen and oxygen atoms in total. The first kappa shape index (κ1) is 15.7. The van der Waals surface area contributed by atoms with E-state index >= 15 is 0 Å². The zero-order chi connectivity index (χ0) is 16.5. The Morgan fingerprint density at radius 2 is 2.12 bits per heavy atom. The number of aromatic nitrogens is 1. The van der Waals surface area contributed by atoms with Crippen LogP contribution in [0.1, 0.15) is 35.2 Å². The van der Waals surface area contributed by atoms with Crippen molar-refractivity contribution in [2.45, 2.75) is 31.3 Å². The Morgan fingerprint density at radius 1 is 1.25 bits per heavy atom. The van der Waals surface area contributed by atoms with Crippen molar-refractivity contribution >= 4 is 38.9 Å². The van der Waals surface area contributed by atoms with Crippen LogP contribution in [0.3, 0.4) is 0 Å². The molecule has 3 aromatic rings. The fraction of sp³-hybridized carbons (Fsp3) is 0.333. The summed E-state index contributed by atoms with van der Waals surface area (Å²) < 4.78 is 1.15. The fourth-order valence-corrected chi connectivity index (χ4v) is 5.44. The Labute approximate surface area is 148 Å². The Morgan fingerprint density at radius 3 is 2.88 bits per heavy atom. The second-order valence-electron chi connectivity index (χ2n) is 6.03. The van der Waals surface area contributed by atoms with E-state index in [0.717, 1.165) is 34.6 Å². The second kappa shape index (κ2) is 6.63. The molecule has 0 amide bonds. The number of hydrogen-bond acceptors (Lipinski definition) is 5. The minimum Gasteiger partial charge on any atom is -0.480 e. The third-order valence-electron chi connectivity index (χ3n) is 4.52. The van der Waals surface area contributed by atoms with Gasteiger partial charge in [-0.2, -0.15) is 0 Å². The van der Waals surface area contributed by atoms with Crippen molar-refractivity contribution in [3.63, 3.8) is 0 Å². The number of nitrogens with zero attached hydrogens (tertiary/aromatic N) is 2. The highest BCUT2D eigenvalue weighted by Crippen LogP contribution is 2.39. The Kier molecular flexibility index (Phi) is 4.35. The van der Waals surface area contributed by atoms with E-state index in [0.29, 0.717) is 6.42 Å². The third-order valence-corrected chi connectivity index (χ3v) is 6.53. The molecule has 3 heterocycles. The van der Waals surface area contributed by atoms with Crippen LogP contribution in [0.4, 0.5) is 0 Å². The summed E-state index contributed by atoms with van der Waals surface area (Å²) in [6.07, 6.45) is 2.73. The molecule has 2 aromatic heterocycles. The van der Waals surface area contributed by atoms with Crippen LogP contribution in [0.15, 0.2) is 41.8 Å². The van der Waals surface area contributed by atoms with Gasteiger partial charge >= 0.3 is 5.97 Å². The van der Waals surface area contributed by atoms with E-state index in [9.17, 15) is 9.90 Å². The van der Waals surface area contributed by atoms with Crippen LogP contribution >= 0.6 is 22.7 Å². The number of thiophene rings is 1. The van der Waals surface area contributed by atoms with E-state index in [1.54, 1.807) is 22.7 Å². The molecule has 24 heavy (non-hydrogen) atoms. The van der Waals surface area contributed by atoms with Crippen LogP contribution in [-0.4, -0.2) is 33.5 Å². The molecule has 1 saturated heterocycles. The normalized spacial score (nSPS) is 20.2. The van der Waals surface area contributed by atoms with E-state index in [-0.39, 0.29) is 6.04 Å². The Balaban J connectivity index is 1.80. The molecule has 0 aliphatic carbocycles. The minimum atomic E-state index is -0.725. The average Bonchev–Trinajstić information content (AvgIpc) is 3.25. The SMILES string of the molecule is O=C(O)C1CCCCN1C(c1cccs1)c1nc2ccccc2s1. The predicted molar refractivity (Wildman–Crippen MR) is 97.8 cm³/mol. The van der Waals surface area contributed by atoms with Gasteiger partial charge in [-0.05, 0) is 36.4 Å². The number of thiazole rings is 1. The van der Waals surface area contributed by atoms with Gasteiger partial charge in [0.1, 0.15) is 11.0 Å². The van der Waals surface area contributed by atoms with Crippen LogP contribution in [0.25, 0.3) is 10.2 Å². The first-order valence-electron chi connectivity index (χ1n) is 8.11. The summed E-state index contributed by atoms with van der Waals surface area (Å²) >= 11 is 3.35. The van der Waals surface area contributed by atoms with Crippen molar-refractivity contribution in [1.82, 2.24) is 9.88 Å². The Hall–Kier alpha value is -1.76. The van der Waals surface area contributed by atoms with E-state index in [4.69, 9.17) is 4.98 Å². The topological polar surface area (TPSA) is 53.4 Å². The molecule has 1 aliphatic heterocycles. The van der Waals surface area contributed by atoms with E-state index < -0.39 is 12.0 Å². The van der Waals surface area contributed by atoms with Gasteiger partial charge in [-0.25, -0.2) is 4.98 Å². The number of carbonyl (C=O) groups is 1. The van der Waals surface area contributed by atoms with Gasteiger partial charge in [0.2, 0.25) is 0 Å². The Bertz CT molecular complexity index is 811. The first-order valence-corrected chi connectivity index (χ1v) is 9.81. The monoisotopic (exact) mass is 358 g/mol. The van der Waals surface area contributed by atoms with Crippen molar-refractivity contribution in [1.29, 1.82) is 0 Å². The molecule has 124 valence electrons. The zero-order valence-electron chi connectivity index (χ0n) is 13.1. The van der Waals surface area contributed by atoms with Crippen LogP contribution in [0.2, 0.25) is 0 Å². The molecule has 4 rings (SSSR count). The maximum Gasteiger partial charge on any atom is 0.320 e. The molecule has 1 aromatic carbocycles. The molecular formula is C18H18N2O2S2. The molecule has 0 bridgehead atoms. The lowest BCUT2D eigenvalue weighted by Gasteiger charge is -2.37. The third kappa shape index (κ3) is 2.85. The number of piperidine rings is 1. The van der Waals surface area contributed by atoms with Gasteiger partial charge < -0.3 is 5.11 Å². The molecule has 0 radical (unpaired) electrons. The maximum atomic E-state index is 11.8. The van der Waals surface area contributed by atoms with Crippen LogP contribution in [0, 0.1) is 0 Å². The average molecular weight is 358 g/mol. The van der Waals surface area contributed by atoms with Crippen LogP contribution < -0.4 is 0 Å². The zero-order valence-corrected chi connectivity index (χ0v) is 14.7. The molecule has 6 heteroatoms. The van der Waals surface area contributed by atoms with Crippen molar-refractivity contribution in [3.8, 4) is 0 Å². The number of benzene rings is 1. The summed E-state index contributed by atoms with van der Waals surface area (Å²) in [5.41, 5.74) is 0.989. The predicted octanol–water partition coefficient (Wildman–Crippen LogP) is 4.39. The molecule has 1 aliphatic rings. The summed E-state index contributed by atoms with van der Waals surface area (Å²) in [4.78, 5) is 19.9. The summed E-state index contributed by atoms with van der Waals surface area (Å²) in [7, 11) is 0. The lowest BCUT2D eigenvalue weighted by molar-refractivity contribution is -0.145. The van der Waals surface area contributed by atoms with Gasteiger partial charge in [-0.1, -0.05) is 24.6 Å². The lowest BCUT2D eigenvalue weighted by atomic mass is 9.99. The molecular weight excluding hydrogens is 340 g/mol. The van der Waals surface area contributed by atoms with E-state index in [1.165, 1.54) is 4.88 Å². The quantitative estimate of drug-likeness (QED) is 0.752. The fourth-order valence-electron chi connectivity index (χ4n) is 3.41. The standard InChI is InChI=1S/C18H18N2O2S2/c21-18(22)13-7-3-4-10-20(13)16(15-9-5-11-23-15)17-19-12-6-1-2-8-14(12)24-17/h1-2,5-6,8-9,11,13,16H,3-4,7,10H2,(H,21,22). The number of carboxylic acid groups (broad SMARTS) is 1. The molecule has 1 fully saturated rings. The highest BCUT2D eigenvalue weighted by molar-refractivity contribution is 7.18. The van der Waals surface area contributed by atoms with Gasteiger partial charge in [0.05, 0.1) is 16.3 Å². The number of hydrogen-bond donors (Lipinski definition) is 1. The van der Waals surface area contributed by atoms with E-state index in [1.807, 2.05) is 24.3 Å². The number of carboxylic acids is 1. The molecule has 0 saturated carbocycles. The van der Waals surface area contributed by atoms with Crippen molar-refractivity contribution < 1.29 is 9.90 Å². The lowest BCUT2D eigenvalue weighted by Crippen LogP contribution is -2.46. The molecule has 0 spiro atoms. The minimum absolute atomic E-state index is 0.0659. The largest absolute Gasteiger partial charge is 0.480 e. The number of para-hydroxylation sites is 1. The number of likely N-dealkylation sites (tertiary alicyclic amines) is 1. The van der Waals surface area contributed by atoms with Crippen molar-refractivity contribution in [3.05, 3.63) is 51.7 Å². The first-order chi connectivity index (χ1) is 11.7. The van der Waals surface area contributed by atoms with Gasteiger partial charge in [0, 0.05) is 11.4 Å². The van der Waals surface area contributed by atoms with Gasteiger partial charge in [-0.15, -0.1) is 22.7 Å². The highest BCUT2D eigenvalue weighted by atomic mass is 32.1. The van der Waals surface area contributed by atoms with Crippen LogP contribution in [-0.2, 0) is 4.79 Å². The smallest absolute Gasteiger partial charge is 0.320 e. The molecule has 2 unspecified atom stereocenters. The maximum absolute atomic E-state index is 11.8. The summed E-state index contributed by atoms with van der Waals surface area (Å²) in [6, 6.07) is 11.7. The number of fused-ring (bicyclic) bond motifs is 1. The van der Waals surface area contributed by atoms with Gasteiger partial charge in [-0.3, -0.25) is 9.69 Å². The summed E-state index contributed by atoms with van der Waals surface area (Å²) in [6.45, 7) is 0.801. The second-order valence-corrected chi connectivity index (χ2v) is 8.07. The molecule has 2 atom stereocenters. The summed E-state index contributed by atoms with van der Waals surface area (Å²) in [5.74, 6) is -0.725. The molecule has 1 N–H and O–H groups in total. The van der Waals surface area contributed by atoms with Crippen molar-refractivity contribution in [2.24, 2.45) is 0 Å². The van der Waals surface area contributed by atoms with E-state index in [2.05, 4.69) is 22.4 Å². The van der Waals surface area contributed by atoms with Gasteiger partial charge in [0.25, 0.3) is 0 Å². The van der Waals surface area contributed by atoms with Crippen molar-refractivity contribution in [2.75, 3.05) is 6.54 Å². The number of rotatable bonds is 4. The summed E-state index contributed by atoms with van der Waals surface area (Å²) in [5, 5.41) is 12.7.